The van der Waals surface area contributed by atoms with Crippen LogP contribution in [0.3, 0.4) is 0 Å². The molecule has 4 rings (SSSR count). The highest BCUT2D eigenvalue weighted by Gasteiger charge is 2.38. The van der Waals surface area contributed by atoms with E-state index in [0.29, 0.717) is 15.8 Å². The molecule has 1 atom stereocenters. The summed E-state index contributed by atoms with van der Waals surface area (Å²) in [5.74, 6) is 0. The molecule has 1 heterocycles. The van der Waals surface area contributed by atoms with Crippen molar-refractivity contribution in [2.75, 3.05) is 9.80 Å². The van der Waals surface area contributed by atoms with Gasteiger partial charge in [0.1, 0.15) is 6.17 Å². The van der Waals surface area contributed by atoms with E-state index >= 15 is 0 Å². The zero-order chi connectivity index (χ0) is 19.7. The molecule has 1 unspecified atom stereocenters. The zero-order valence-electron chi connectivity index (χ0n) is 15.2. The van der Waals surface area contributed by atoms with Crippen molar-refractivity contribution in [1.29, 1.82) is 0 Å². The second-order valence-corrected chi connectivity index (χ2v) is 7.39. The highest BCUT2D eigenvalue weighted by Crippen LogP contribution is 2.33. The van der Waals surface area contributed by atoms with Crippen molar-refractivity contribution in [3.05, 3.63) is 95.0 Å². The Bertz CT molecular complexity index is 1010. The molecule has 0 aliphatic carbocycles. The monoisotopic (exact) mass is 407 g/mol. The molecule has 1 N–H and O–H groups in total. The topological polar surface area (TPSA) is 35.6 Å². The predicted octanol–water partition coefficient (Wildman–Crippen LogP) is 5.67. The number of nitrogens with one attached hydrogen (secondary N) is 1. The number of hydrogen-bond acceptors (Lipinski definition) is 2. The second-order valence-electron chi connectivity index (χ2n) is 6.56. The standard InChI is InChI=1S/C22H18ClN3OS/c1-15-7-9-16(10-8-15)20-24-21(28)26(18-5-3-2-4-6-18)22(27)25(20)19-13-11-17(23)12-14-19/h2-14,20H,1H3,(H,24,28). The molecule has 28 heavy (non-hydrogen) atoms. The molecule has 1 saturated heterocycles. The van der Waals surface area contributed by atoms with E-state index in [4.69, 9.17) is 23.8 Å². The molecule has 140 valence electrons. The van der Waals surface area contributed by atoms with Crippen molar-refractivity contribution in [2.24, 2.45) is 0 Å². The van der Waals surface area contributed by atoms with Gasteiger partial charge in [-0.2, -0.15) is 0 Å². The van der Waals surface area contributed by atoms with Crippen molar-refractivity contribution in [3.63, 3.8) is 0 Å². The van der Waals surface area contributed by atoms with Crippen LogP contribution in [0.2, 0.25) is 5.02 Å². The number of urea groups is 1. The Morgan fingerprint density at radius 1 is 0.893 bits per heavy atom. The summed E-state index contributed by atoms with van der Waals surface area (Å²) in [5.41, 5.74) is 3.55. The lowest BCUT2D eigenvalue weighted by molar-refractivity contribution is 0.249. The molecule has 1 aliphatic rings. The Labute approximate surface area is 174 Å². The number of thiocarbonyl (C=S) groups is 1. The first-order valence-corrected chi connectivity index (χ1v) is 9.64. The van der Waals surface area contributed by atoms with Crippen molar-refractivity contribution in [2.45, 2.75) is 13.1 Å². The van der Waals surface area contributed by atoms with E-state index in [0.717, 1.165) is 16.8 Å². The molecule has 2 amide bonds. The Morgan fingerprint density at radius 2 is 1.54 bits per heavy atom. The molecule has 3 aromatic carbocycles. The van der Waals surface area contributed by atoms with E-state index in [2.05, 4.69) is 5.32 Å². The number of benzene rings is 3. The van der Waals surface area contributed by atoms with Gasteiger partial charge in [-0.25, -0.2) is 9.69 Å². The molecule has 3 aromatic rings. The summed E-state index contributed by atoms with van der Waals surface area (Å²) in [6, 6.07) is 24.4. The van der Waals surface area contributed by atoms with Crippen LogP contribution in [0.25, 0.3) is 0 Å². The first-order valence-electron chi connectivity index (χ1n) is 8.85. The second kappa shape index (κ2) is 7.62. The van der Waals surface area contributed by atoms with E-state index in [1.165, 1.54) is 4.90 Å². The third kappa shape index (κ3) is 3.46. The highest BCUT2D eigenvalue weighted by atomic mass is 35.5. The van der Waals surface area contributed by atoms with Crippen LogP contribution >= 0.6 is 23.8 Å². The number of halogens is 1. The van der Waals surface area contributed by atoms with Crippen LogP contribution in [0.15, 0.2) is 78.9 Å². The molecular weight excluding hydrogens is 390 g/mol. The summed E-state index contributed by atoms with van der Waals surface area (Å²) in [4.78, 5) is 16.8. The van der Waals surface area contributed by atoms with Crippen LogP contribution in [0.5, 0.6) is 0 Å². The van der Waals surface area contributed by atoms with Crippen LogP contribution < -0.4 is 15.1 Å². The minimum Gasteiger partial charge on any atom is -0.337 e. The first-order chi connectivity index (χ1) is 13.5. The number of carbonyl (C=O) groups is 1. The Kier molecular flexibility index (Phi) is 5.03. The summed E-state index contributed by atoms with van der Waals surface area (Å²) in [6.07, 6.45) is -0.415. The van der Waals surface area contributed by atoms with E-state index in [1.807, 2.05) is 73.7 Å². The number of amides is 2. The molecule has 0 aromatic heterocycles. The lowest BCUT2D eigenvalue weighted by Crippen LogP contribution is -2.61. The molecular formula is C22H18ClN3OS. The largest absolute Gasteiger partial charge is 0.337 e. The fourth-order valence-electron chi connectivity index (χ4n) is 3.20. The third-order valence-corrected chi connectivity index (χ3v) is 5.18. The van der Waals surface area contributed by atoms with Gasteiger partial charge < -0.3 is 5.32 Å². The number of anilines is 2. The Balaban J connectivity index is 1.80. The van der Waals surface area contributed by atoms with Gasteiger partial charge in [0, 0.05) is 10.7 Å². The molecule has 0 radical (unpaired) electrons. The summed E-state index contributed by atoms with van der Waals surface area (Å²) >= 11 is 11.6. The van der Waals surface area contributed by atoms with E-state index in [1.54, 1.807) is 17.0 Å². The lowest BCUT2D eigenvalue weighted by Gasteiger charge is -2.42. The average Bonchev–Trinajstić information content (AvgIpc) is 2.70. The van der Waals surface area contributed by atoms with Gasteiger partial charge in [-0.05, 0) is 61.1 Å². The van der Waals surface area contributed by atoms with Crippen molar-refractivity contribution in [3.8, 4) is 0 Å². The van der Waals surface area contributed by atoms with Gasteiger partial charge in [0.15, 0.2) is 5.11 Å². The summed E-state index contributed by atoms with van der Waals surface area (Å²) < 4.78 is 0. The van der Waals surface area contributed by atoms with E-state index < -0.39 is 6.17 Å². The predicted molar refractivity (Wildman–Crippen MR) is 118 cm³/mol. The van der Waals surface area contributed by atoms with Crippen molar-refractivity contribution in [1.82, 2.24) is 5.32 Å². The zero-order valence-corrected chi connectivity index (χ0v) is 16.7. The molecule has 0 saturated carbocycles. The van der Waals surface area contributed by atoms with E-state index in [-0.39, 0.29) is 6.03 Å². The maximum atomic E-state index is 13.6. The molecule has 1 aliphatic heterocycles. The van der Waals surface area contributed by atoms with Crippen molar-refractivity contribution < 1.29 is 4.79 Å². The molecule has 0 spiro atoms. The lowest BCUT2D eigenvalue weighted by atomic mass is 10.1. The van der Waals surface area contributed by atoms with Crippen LogP contribution in [0.4, 0.5) is 16.2 Å². The minimum atomic E-state index is -0.415. The van der Waals surface area contributed by atoms with Crippen molar-refractivity contribution >= 4 is 46.3 Å². The maximum Gasteiger partial charge on any atom is 0.337 e. The fourth-order valence-corrected chi connectivity index (χ4v) is 3.62. The summed E-state index contributed by atoms with van der Waals surface area (Å²) in [5, 5.41) is 4.31. The highest BCUT2D eigenvalue weighted by molar-refractivity contribution is 7.80. The van der Waals surface area contributed by atoms with Gasteiger partial charge in [0.25, 0.3) is 0 Å². The third-order valence-electron chi connectivity index (χ3n) is 4.63. The van der Waals surface area contributed by atoms with Gasteiger partial charge >= 0.3 is 6.03 Å². The fraction of sp³-hybridized carbons (Fsp3) is 0.0909. The quantitative estimate of drug-likeness (QED) is 0.568. The molecule has 6 heteroatoms. The maximum absolute atomic E-state index is 13.6. The average molecular weight is 408 g/mol. The van der Waals surface area contributed by atoms with E-state index in [9.17, 15) is 4.79 Å². The van der Waals surface area contributed by atoms with Gasteiger partial charge in [0.05, 0.1) is 5.69 Å². The van der Waals surface area contributed by atoms with Crippen LogP contribution in [-0.4, -0.2) is 11.1 Å². The van der Waals surface area contributed by atoms with Crippen LogP contribution in [0.1, 0.15) is 17.3 Å². The summed E-state index contributed by atoms with van der Waals surface area (Å²) in [6.45, 7) is 2.03. The van der Waals surface area contributed by atoms with Crippen LogP contribution in [-0.2, 0) is 0 Å². The smallest absolute Gasteiger partial charge is 0.337 e. The number of carbonyl (C=O) groups excluding carboxylic acids is 1. The Hall–Kier alpha value is -2.89. The van der Waals surface area contributed by atoms with Gasteiger partial charge in [0.2, 0.25) is 0 Å². The molecule has 0 bridgehead atoms. The van der Waals surface area contributed by atoms with Gasteiger partial charge in [-0.3, -0.25) is 4.90 Å². The number of para-hydroxylation sites is 1. The van der Waals surface area contributed by atoms with Crippen LogP contribution in [0, 0.1) is 6.92 Å². The normalized spacial score (nSPS) is 16.9. The first kappa shape index (κ1) is 18.5. The SMILES string of the molecule is Cc1ccc(C2NC(=S)N(c3ccccc3)C(=O)N2c2ccc(Cl)cc2)cc1. The number of hydrogen-bond donors (Lipinski definition) is 1. The number of rotatable bonds is 3. The summed E-state index contributed by atoms with van der Waals surface area (Å²) in [7, 11) is 0. The number of nitrogens with zero attached hydrogens (tertiary/aromatic N) is 2. The number of aryl methyl sites for hydroxylation is 1. The molecule has 4 nitrogen and oxygen atoms in total. The minimum absolute atomic E-state index is 0.220. The van der Waals surface area contributed by atoms with Gasteiger partial charge in [-0.15, -0.1) is 0 Å². The van der Waals surface area contributed by atoms with Gasteiger partial charge in [-0.1, -0.05) is 59.6 Å². The molecule has 1 fully saturated rings. The Morgan fingerprint density at radius 3 is 2.18 bits per heavy atom.